The molecule has 0 bridgehead atoms. The fourth-order valence-electron chi connectivity index (χ4n) is 3.08. The van der Waals surface area contributed by atoms with Crippen LogP contribution >= 0.6 is 0 Å². The number of hydrogen-bond donors (Lipinski definition) is 1. The van der Waals surface area contributed by atoms with Crippen molar-refractivity contribution in [2.75, 3.05) is 11.6 Å². The Morgan fingerprint density at radius 3 is 2.36 bits per heavy atom. The van der Waals surface area contributed by atoms with Gasteiger partial charge in [0, 0.05) is 23.7 Å². The van der Waals surface area contributed by atoms with Gasteiger partial charge in [-0.3, -0.25) is 9.20 Å². The van der Waals surface area contributed by atoms with Crippen molar-refractivity contribution in [3.8, 4) is 11.1 Å². The molecular formula is C21H17N3O3S. The lowest BCUT2D eigenvalue weighted by atomic mass is 10.0. The van der Waals surface area contributed by atoms with Gasteiger partial charge >= 0.3 is 0 Å². The van der Waals surface area contributed by atoms with Crippen molar-refractivity contribution in [3.63, 3.8) is 0 Å². The van der Waals surface area contributed by atoms with Crippen molar-refractivity contribution >= 4 is 26.9 Å². The Morgan fingerprint density at radius 1 is 0.929 bits per heavy atom. The summed E-state index contributed by atoms with van der Waals surface area (Å²) >= 11 is 0. The molecule has 4 aromatic rings. The third kappa shape index (κ3) is 3.27. The molecule has 28 heavy (non-hydrogen) atoms. The average Bonchev–Trinajstić information content (AvgIpc) is 3.09. The summed E-state index contributed by atoms with van der Waals surface area (Å²) < 4.78 is 25.5. The highest BCUT2D eigenvalue weighted by molar-refractivity contribution is 7.90. The number of carbonyl (C=O) groups is 1. The summed E-state index contributed by atoms with van der Waals surface area (Å²) in [6.45, 7) is 0. The van der Waals surface area contributed by atoms with E-state index in [-0.39, 0.29) is 10.9 Å². The number of pyridine rings is 1. The van der Waals surface area contributed by atoms with Gasteiger partial charge in [0.2, 0.25) is 15.0 Å². The molecule has 2 aromatic carbocycles. The molecule has 0 aliphatic carbocycles. The molecule has 0 unspecified atom stereocenters. The Hall–Kier alpha value is -3.45. The van der Waals surface area contributed by atoms with Crippen LogP contribution in [0.4, 0.5) is 5.69 Å². The fourth-order valence-corrected chi connectivity index (χ4v) is 3.86. The van der Waals surface area contributed by atoms with E-state index >= 15 is 0 Å². The Labute approximate surface area is 162 Å². The number of imidazole rings is 1. The lowest BCUT2D eigenvalue weighted by molar-refractivity contribution is 0.102. The van der Waals surface area contributed by atoms with Crippen LogP contribution in [-0.2, 0) is 9.84 Å². The first kappa shape index (κ1) is 17.9. The number of hydrogen-bond acceptors (Lipinski definition) is 4. The van der Waals surface area contributed by atoms with E-state index < -0.39 is 15.7 Å². The molecule has 1 amide bonds. The van der Waals surface area contributed by atoms with E-state index in [1.807, 2.05) is 48.5 Å². The third-order valence-electron chi connectivity index (χ3n) is 4.32. The van der Waals surface area contributed by atoms with Crippen LogP contribution in [-0.4, -0.2) is 30.0 Å². The smallest absolute Gasteiger partial charge is 0.276 e. The largest absolute Gasteiger partial charge is 0.320 e. The molecule has 0 saturated carbocycles. The quantitative estimate of drug-likeness (QED) is 0.576. The Kier molecular flexibility index (Phi) is 4.44. The zero-order chi connectivity index (χ0) is 19.7. The zero-order valence-corrected chi connectivity index (χ0v) is 15.8. The number of anilines is 1. The minimum absolute atomic E-state index is 0.0592. The number of fused-ring (bicyclic) bond motifs is 1. The molecule has 1 N–H and O–H groups in total. The van der Waals surface area contributed by atoms with Gasteiger partial charge in [0.25, 0.3) is 5.91 Å². The van der Waals surface area contributed by atoms with Crippen molar-refractivity contribution in [2.45, 2.75) is 5.16 Å². The molecule has 0 fully saturated rings. The van der Waals surface area contributed by atoms with Gasteiger partial charge < -0.3 is 5.32 Å². The molecule has 2 aromatic heterocycles. The standard InChI is InChI=1S/C21H17N3O3S/c1-28(26,27)21-23-19(18-13-7-8-14-24(18)21)20(25)22-17-12-6-5-11-16(17)15-9-3-2-4-10-15/h2-14H,1H3,(H,22,25). The Balaban J connectivity index is 1.78. The second-order valence-corrected chi connectivity index (χ2v) is 8.25. The van der Waals surface area contributed by atoms with Gasteiger partial charge in [-0.1, -0.05) is 54.6 Å². The van der Waals surface area contributed by atoms with Gasteiger partial charge in [0.15, 0.2) is 5.69 Å². The Bertz CT molecular complexity index is 1280. The van der Waals surface area contributed by atoms with E-state index in [1.54, 1.807) is 30.5 Å². The summed E-state index contributed by atoms with van der Waals surface area (Å²) in [4.78, 5) is 17.1. The first-order chi connectivity index (χ1) is 13.4. The van der Waals surface area contributed by atoms with E-state index in [9.17, 15) is 13.2 Å². The normalized spacial score (nSPS) is 11.5. The minimum atomic E-state index is -3.59. The maximum Gasteiger partial charge on any atom is 0.276 e. The van der Waals surface area contributed by atoms with Crippen molar-refractivity contribution in [3.05, 3.63) is 84.7 Å². The summed E-state index contributed by atoms with van der Waals surface area (Å²) in [5.41, 5.74) is 2.94. The van der Waals surface area contributed by atoms with Crippen molar-refractivity contribution in [1.82, 2.24) is 9.38 Å². The summed E-state index contributed by atoms with van der Waals surface area (Å²) in [6, 6.07) is 22.2. The van der Waals surface area contributed by atoms with Crippen LogP contribution in [0.1, 0.15) is 10.5 Å². The molecule has 4 rings (SSSR count). The molecule has 0 atom stereocenters. The van der Waals surface area contributed by atoms with Gasteiger partial charge in [-0.25, -0.2) is 13.4 Å². The molecule has 6 nitrogen and oxygen atoms in total. The molecule has 7 heteroatoms. The molecule has 0 aliphatic rings. The number of sulfone groups is 1. The summed E-state index contributed by atoms with van der Waals surface area (Å²) in [5, 5.41) is 2.71. The number of amides is 1. The number of para-hydroxylation sites is 1. The average molecular weight is 391 g/mol. The van der Waals surface area contributed by atoms with Crippen molar-refractivity contribution in [2.24, 2.45) is 0 Å². The molecular weight excluding hydrogens is 374 g/mol. The van der Waals surface area contributed by atoms with Crippen LogP contribution in [0.5, 0.6) is 0 Å². The first-order valence-corrected chi connectivity index (χ1v) is 10.5. The molecule has 2 heterocycles. The fraction of sp³-hybridized carbons (Fsp3) is 0.0476. The highest BCUT2D eigenvalue weighted by Crippen LogP contribution is 2.28. The zero-order valence-electron chi connectivity index (χ0n) is 15.0. The number of benzene rings is 2. The van der Waals surface area contributed by atoms with Crippen LogP contribution in [0, 0.1) is 0 Å². The second-order valence-electron chi connectivity index (χ2n) is 6.34. The maximum absolute atomic E-state index is 13.0. The SMILES string of the molecule is CS(=O)(=O)c1nc(C(=O)Nc2ccccc2-c2ccccc2)c2ccccn12. The van der Waals surface area contributed by atoms with Gasteiger partial charge in [-0.05, 0) is 23.8 Å². The topological polar surface area (TPSA) is 80.5 Å². The van der Waals surface area contributed by atoms with E-state index in [4.69, 9.17) is 0 Å². The third-order valence-corrected chi connectivity index (χ3v) is 5.27. The van der Waals surface area contributed by atoms with E-state index in [0.717, 1.165) is 17.4 Å². The summed E-state index contributed by atoms with van der Waals surface area (Å²) in [5.74, 6) is -0.470. The number of nitrogens with one attached hydrogen (secondary N) is 1. The van der Waals surface area contributed by atoms with Gasteiger partial charge in [-0.15, -0.1) is 0 Å². The van der Waals surface area contributed by atoms with Crippen LogP contribution in [0.2, 0.25) is 0 Å². The molecule has 0 saturated heterocycles. The maximum atomic E-state index is 13.0. The van der Waals surface area contributed by atoms with E-state index in [1.165, 1.54) is 4.40 Å². The lowest BCUT2D eigenvalue weighted by Gasteiger charge is -2.10. The van der Waals surface area contributed by atoms with Gasteiger partial charge in [-0.2, -0.15) is 0 Å². The van der Waals surface area contributed by atoms with Crippen LogP contribution in [0.25, 0.3) is 16.6 Å². The second kappa shape index (κ2) is 6.94. The highest BCUT2D eigenvalue weighted by Gasteiger charge is 2.23. The number of carbonyl (C=O) groups excluding carboxylic acids is 1. The minimum Gasteiger partial charge on any atom is -0.320 e. The first-order valence-electron chi connectivity index (χ1n) is 8.58. The predicted octanol–water partition coefficient (Wildman–Crippen LogP) is 3.66. The number of nitrogens with zero attached hydrogens (tertiary/aromatic N) is 2. The molecule has 0 aliphatic heterocycles. The van der Waals surface area contributed by atoms with Crippen LogP contribution in [0.3, 0.4) is 0 Å². The summed E-state index contributed by atoms with van der Waals surface area (Å²) in [6.07, 6.45) is 2.65. The number of aromatic nitrogens is 2. The van der Waals surface area contributed by atoms with Gasteiger partial charge in [0.1, 0.15) is 0 Å². The predicted molar refractivity (Wildman–Crippen MR) is 108 cm³/mol. The molecule has 0 radical (unpaired) electrons. The molecule has 0 spiro atoms. The van der Waals surface area contributed by atoms with Crippen LogP contribution < -0.4 is 5.32 Å². The lowest BCUT2D eigenvalue weighted by Crippen LogP contribution is -2.14. The van der Waals surface area contributed by atoms with Crippen molar-refractivity contribution in [1.29, 1.82) is 0 Å². The Morgan fingerprint density at radius 2 is 1.61 bits per heavy atom. The van der Waals surface area contributed by atoms with Crippen molar-refractivity contribution < 1.29 is 13.2 Å². The highest BCUT2D eigenvalue weighted by atomic mass is 32.2. The monoisotopic (exact) mass is 391 g/mol. The van der Waals surface area contributed by atoms with Gasteiger partial charge in [0.05, 0.1) is 5.52 Å². The molecule has 140 valence electrons. The van der Waals surface area contributed by atoms with E-state index in [2.05, 4.69) is 10.3 Å². The number of rotatable bonds is 4. The van der Waals surface area contributed by atoms with E-state index in [0.29, 0.717) is 11.2 Å². The summed E-state index contributed by atoms with van der Waals surface area (Å²) in [7, 11) is -3.59. The van der Waals surface area contributed by atoms with Crippen LogP contribution in [0.15, 0.2) is 84.1 Å².